The highest BCUT2D eigenvalue weighted by molar-refractivity contribution is 7.98. The summed E-state index contributed by atoms with van der Waals surface area (Å²) in [7, 11) is 0. The zero-order valence-electron chi connectivity index (χ0n) is 6.53. The Balaban J connectivity index is 2.44. The predicted octanol–water partition coefficient (Wildman–Crippen LogP) is 0.738. The molecule has 4 heteroatoms. The summed E-state index contributed by atoms with van der Waals surface area (Å²) in [5.41, 5.74) is 0.881. The summed E-state index contributed by atoms with van der Waals surface area (Å²) >= 11 is 1.79. The molecule has 0 unspecified atom stereocenters. The molecule has 1 N–H and O–H groups in total. The van der Waals surface area contributed by atoms with Crippen molar-refractivity contribution in [1.82, 2.24) is 9.78 Å². The molecular weight excluding hydrogens is 160 g/mol. The molecule has 0 radical (unpaired) electrons. The fourth-order valence-electron chi connectivity index (χ4n) is 0.795. The van der Waals surface area contributed by atoms with E-state index in [1.807, 2.05) is 10.9 Å². The third kappa shape index (κ3) is 2.55. The average molecular weight is 172 g/mol. The first-order valence-corrected chi connectivity index (χ1v) is 4.87. The van der Waals surface area contributed by atoms with Crippen LogP contribution in [0.4, 0.5) is 0 Å². The van der Waals surface area contributed by atoms with E-state index in [0.29, 0.717) is 0 Å². The molecule has 0 saturated carbocycles. The number of thioether (sulfide) groups is 1. The average Bonchev–Trinajstić information content (AvgIpc) is 2.48. The van der Waals surface area contributed by atoms with Gasteiger partial charge in [0, 0.05) is 24.1 Å². The third-order valence-electron chi connectivity index (χ3n) is 1.39. The van der Waals surface area contributed by atoms with E-state index in [0.717, 1.165) is 17.9 Å². The summed E-state index contributed by atoms with van der Waals surface area (Å²) in [5.74, 6) is 1.06. The van der Waals surface area contributed by atoms with E-state index in [4.69, 9.17) is 5.11 Å². The van der Waals surface area contributed by atoms with Gasteiger partial charge < -0.3 is 5.11 Å². The normalized spacial score (nSPS) is 10.4. The fourth-order valence-corrected chi connectivity index (χ4v) is 1.16. The van der Waals surface area contributed by atoms with Crippen LogP contribution < -0.4 is 0 Å². The van der Waals surface area contributed by atoms with Crippen LogP contribution in [0.5, 0.6) is 0 Å². The molecular formula is C7H12N2OS. The van der Waals surface area contributed by atoms with Gasteiger partial charge in [0.05, 0.1) is 12.8 Å². The van der Waals surface area contributed by atoms with Crippen LogP contribution in [0.1, 0.15) is 5.56 Å². The second-order valence-corrected chi connectivity index (χ2v) is 3.25. The number of aromatic nitrogens is 2. The van der Waals surface area contributed by atoms with Gasteiger partial charge in [-0.3, -0.25) is 4.68 Å². The van der Waals surface area contributed by atoms with Crippen LogP contribution in [-0.2, 0) is 13.2 Å². The second-order valence-electron chi connectivity index (χ2n) is 2.26. The molecule has 0 aliphatic heterocycles. The first-order chi connectivity index (χ1) is 5.36. The van der Waals surface area contributed by atoms with Gasteiger partial charge in [0.15, 0.2) is 0 Å². The van der Waals surface area contributed by atoms with Crippen LogP contribution in [0.25, 0.3) is 0 Å². The van der Waals surface area contributed by atoms with Crippen molar-refractivity contribution in [2.24, 2.45) is 0 Å². The minimum atomic E-state index is 0.0826. The number of aliphatic hydroxyl groups is 1. The molecule has 0 aliphatic rings. The van der Waals surface area contributed by atoms with Crippen molar-refractivity contribution in [3.8, 4) is 0 Å². The van der Waals surface area contributed by atoms with E-state index >= 15 is 0 Å². The standard InChI is InChI=1S/C7H12N2OS/c1-11-3-2-9-5-7(6-10)4-8-9/h4-5,10H,2-3,6H2,1H3. The van der Waals surface area contributed by atoms with Crippen molar-refractivity contribution in [2.75, 3.05) is 12.0 Å². The van der Waals surface area contributed by atoms with Crippen LogP contribution in [0.3, 0.4) is 0 Å². The van der Waals surface area contributed by atoms with Crippen molar-refractivity contribution in [1.29, 1.82) is 0 Å². The zero-order valence-corrected chi connectivity index (χ0v) is 7.34. The van der Waals surface area contributed by atoms with Crippen LogP contribution >= 0.6 is 11.8 Å². The molecule has 62 valence electrons. The lowest BCUT2D eigenvalue weighted by Crippen LogP contribution is -1.99. The maximum atomic E-state index is 8.72. The lowest BCUT2D eigenvalue weighted by Gasteiger charge is -1.96. The molecule has 0 atom stereocenters. The topological polar surface area (TPSA) is 38.0 Å². The molecule has 0 amide bonds. The smallest absolute Gasteiger partial charge is 0.0712 e. The summed E-state index contributed by atoms with van der Waals surface area (Å²) in [5, 5.41) is 12.8. The van der Waals surface area contributed by atoms with Gasteiger partial charge in [-0.15, -0.1) is 0 Å². The lowest BCUT2D eigenvalue weighted by molar-refractivity contribution is 0.281. The highest BCUT2D eigenvalue weighted by atomic mass is 32.2. The molecule has 0 bridgehead atoms. The quantitative estimate of drug-likeness (QED) is 0.728. The molecule has 1 aromatic heterocycles. The van der Waals surface area contributed by atoms with Gasteiger partial charge in [0.25, 0.3) is 0 Å². The Kier molecular flexibility index (Phi) is 3.45. The first-order valence-electron chi connectivity index (χ1n) is 3.48. The highest BCUT2D eigenvalue weighted by Crippen LogP contribution is 1.99. The molecule has 3 nitrogen and oxygen atoms in total. The lowest BCUT2D eigenvalue weighted by atomic mass is 10.4. The Morgan fingerprint density at radius 2 is 2.55 bits per heavy atom. The SMILES string of the molecule is CSCCn1cc(CO)cn1. The Hall–Kier alpha value is -0.480. The van der Waals surface area contributed by atoms with Gasteiger partial charge >= 0.3 is 0 Å². The second kappa shape index (κ2) is 4.41. The molecule has 0 aromatic carbocycles. The fraction of sp³-hybridized carbons (Fsp3) is 0.571. The molecule has 1 aromatic rings. The molecule has 1 rings (SSSR count). The van der Waals surface area contributed by atoms with E-state index in [1.165, 1.54) is 0 Å². The van der Waals surface area contributed by atoms with E-state index in [2.05, 4.69) is 11.4 Å². The van der Waals surface area contributed by atoms with Crippen molar-refractivity contribution < 1.29 is 5.11 Å². The largest absolute Gasteiger partial charge is 0.392 e. The van der Waals surface area contributed by atoms with Crippen molar-refractivity contribution in [3.63, 3.8) is 0 Å². The third-order valence-corrected chi connectivity index (χ3v) is 1.98. The van der Waals surface area contributed by atoms with Crippen LogP contribution in [0, 0.1) is 0 Å². The highest BCUT2D eigenvalue weighted by Gasteiger charge is 1.94. The molecule has 0 aliphatic carbocycles. The van der Waals surface area contributed by atoms with E-state index in [9.17, 15) is 0 Å². The number of rotatable bonds is 4. The number of nitrogens with zero attached hydrogens (tertiary/aromatic N) is 2. The maximum Gasteiger partial charge on any atom is 0.0712 e. The van der Waals surface area contributed by atoms with Gasteiger partial charge in [0.2, 0.25) is 0 Å². The van der Waals surface area contributed by atoms with Crippen molar-refractivity contribution in [3.05, 3.63) is 18.0 Å². The summed E-state index contributed by atoms with van der Waals surface area (Å²) in [6.07, 6.45) is 5.63. The van der Waals surface area contributed by atoms with E-state index < -0.39 is 0 Å². The molecule has 1 heterocycles. The van der Waals surface area contributed by atoms with Gasteiger partial charge in [-0.05, 0) is 6.26 Å². The van der Waals surface area contributed by atoms with Gasteiger partial charge in [0.1, 0.15) is 0 Å². The van der Waals surface area contributed by atoms with Crippen molar-refractivity contribution in [2.45, 2.75) is 13.2 Å². The summed E-state index contributed by atoms with van der Waals surface area (Å²) in [6.45, 7) is 1.00. The molecule has 0 saturated heterocycles. The molecule has 0 fully saturated rings. The van der Waals surface area contributed by atoms with Crippen LogP contribution in [0.2, 0.25) is 0 Å². The van der Waals surface area contributed by atoms with E-state index in [1.54, 1.807) is 18.0 Å². The Morgan fingerprint density at radius 3 is 3.09 bits per heavy atom. The van der Waals surface area contributed by atoms with Crippen LogP contribution in [-0.4, -0.2) is 26.9 Å². The Labute approximate surface area is 70.4 Å². The minimum absolute atomic E-state index is 0.0826. The Bertz CT molecular complexity index is 212. The van der Waals surface area contributed by atoms with Gasteiger partial charge in [-0.2, -0.15) is 16.9 Å². The van der Waals surface area contributed by atoms with Gasteiger partial charge in [-0.25, -0.2) is 0 Å². The summed E-state index contributed by atoms with van der Waals surface area (Å²) in [4.78, 5) is 0. The summed E-state index contributed by atoms with van der Waals surface area (Å²) < 4.78 is 1.85. The molecule has 0 spiro atoms. The number of hydrogen-bond donors (Lipinski definition) is 1. The minimum Gasteiger partial charge on any atom is -0.392 e. The van der Waals surface area contributed by atoms with Crippen molar-refractivity contribution >= 4 is 11.8 Å². The first kappa shape index (κ1) is 8.62. The Morgan fingerprint density at radius 1 is 1.73 bits per heavy atom. The van der Waals surface area contributed by atoms with E-state index in [-0.39, 0.29) is 6.61 Å². The monoisotopic (exact) mass is 172 g/mol. The van der Waals surface area contributed by atoms with Gasteiger partial charge in [-0.1, -0.05) is 0 Å². The number of hydrogen-bond acceptors (Lipinski definition) is 3. The predicted molar refractivity (Wildman–Crippen MR) is 46.5 cm³/mol. The number of aryl methyl sites for hydroxylation is 1. The summed E-state index contributed by atoms with van der Waals surface area (Å²) in [6, 6.07) is 0. The maximum absolute atomic E-state index is 8.72. The molecule has 11 heavy (non-hydrogen) atoms. The number of aliphatic hydroxyl groups excluding tert-OH is 1. The van der Waals surface area contributed by atoms with Crippen LogP contribution in [0.15, 0.2) is 12.4 Å². The zero-order chi connectivity index (χ0) is 8.10.